The summed E-state index contributed by atoms with van der Waals surface area (Å²) in [6.07, 6.45) is 13.4. The monoisotopic (exact) mass is 316 g/mol. The summed E-state index contributed by atoms with van der Waals surface area (Å²) in [5, 5.41) is 0. The van der Waals surface area contributed by atoms with Crippen LogP contribution in [0.3, 0.4) is 0 Å². The quantitative estimate of drug-likeness (QED) is 0.259. The molecule has 120 valence electrons. The van der Waals surface area contributed by atoms with Gasteiger partial charge < -0.3 is 0 Å². The van der Waals surface area contributed by atoms with Crippen molar-refractivity contribution in [2.75, 3.05) is 5.75 Å². The maximum Gasteiger partial charge on any atom is 0.0509 e. The minimum absolute atomic E-state index is 0.700. The van der Waals surface area contributed by atoms with Crippen LogP contribution in [0.5, 0.6) is 0 Å². The average Bonchev–Trinajstić information content (AvgIpc) is 2.42. The lowest BCUT2D eigenvalue weighted by Gasteiger charge is -2.17. The molecule has 2 heteroatoms. The van der Waals surface area contributed by atoms with Crippen LogP contribution in [0.25, 0.3) is 0 Å². The van der Waals surface area contributed by atoms with E-state index in [0.717, 1.165) is 5.92 Å². The molecule has 0 aromatic rings. The first-order valence-electron chi connectivity index (χ1n) is 8.78. The van der Waals surface area contributed by atoms with E-state index in [2.05, 4.69) is 27.7 Å². The molecule has 0 saturated heterocycles. The van der Waals surface area contributed by atoms with Crippen molar-refractivity contribution in [3.8, 4) is 0 Å². The molecule has 20 heavy (non-hydrogen) atoms. The zero-order valence-corrected chi connectivity index (χ0v) is 15.9. The van der Waals surface area contributed by atoms with Gasteiger partial charge in [-0.15, -0.1) is 11.8 Å². The molecule has 0 spiro atoms. The lowest BCUT2D eigenvalue weighted by molar-refractivity contribution is 0.530. The first-order chi connectivity index (χ1) is 9.61. The van der Waals surface area contributed by atoms with Crippen LogP contribution in [0, 0.1) is 11.8 Å². The number of rotatable bonds is 13. The summed E-state index contributed by atoms with van der Waals surface area (Å²) >= 11 is 7.66. The second-order valence-corrected chi connectivity index (χ2v) is 8.23. The van der Waals surface area contributed by atoms with Gasteiger partial charge in [0, 0.05) is 5.92 Å². The SMILES string of the molecule is CCCCC(CCCC)C(=S)SCCCCCC(C)C. The molecule has 0 fully saturated rings. The molecular formula is C18H36S2. The van der Waals surface area contributed by atoms with Gasteiger partial charge in [0.2, 0.25) is 0 Å². The lowest BCUT2D eigenvalue weighted by Crippen LogP contribution is -2.10. The fraction of sp³-hybridized carbons (Fsp3) is 0.944. The zero-order chi connectivity index (χ0) is 15.2. The summed E-state index contributed by atoms with van der Waals surface area (Å²) in [5.41, 5.74) is 0. The highest BCUT2D eigenvalue weighted by Crippen LogP contribution is 2.25. The zero-order valence-electron chi connectivity index (χ0n) is 14.2. The van der Waals surface area contributed by atoms with Crippen LogP contribution >= 0.6 is 24.0 Å². The van der Waals surface area contributed by atoms with Gasteiger partial charge in [0.1, 0.15) is 0 Å². The van der Waals surface area contributed by atoms with Crippen LogP contribution in [0.2, 0.25) is 0 Å². The van der Waals surface area contributed by atoms with Gasteiger partial charge in [0.25, 0.3) is 0 Å². The Hall–Kier alpha value is 0.440. The van der Waals surface area contributed by atoms with Crippen LogP contribution in [-0.2, 0) is 0 Å². The third-order valence-electron chi connectivity index (χ3n) is 3.82. The van der Waals surface area contributed by atoms with E-state index in [0.29, 0.717) is 5.92 Å². The lowest BCUT2D eigenvalue weighted by atomic mass is 9.98. The summed E-state index contributed by atoms with van der Waals surface area (Å²) < 4.78 is 1.30. The molecule has 0 aromatic heterocycles. The van der Waals surface area contributed by atoms with Crippen molar-refractivity contribution in [2.45, 2.75) is 91.9 Å². The number of thioether (sulfide) groups is 1. The largest absolute Gasteiger partial charge is 0.119 e. The van der Waals surface area contributed by atoms with Crippen molar-refractivity contribution in [1.82, 2.24) is 0 Å². The normalized spacial score (nSPS) is 11.5. The summed E-state index contributed by atoms with van der Waals surface area (Å²) in [6.45, 7) is 9.19. The molecule has 0 rings (SSSR count). The Balaban J connectivity index is 3.76. The Morgan fingerprint density at radius 3 is 1.95 bits per heavy atom. The minimum atomic E-state index is 0.700. The van der Waals surface area contributed by atoms with Crippen molar-refractivity contribution in [3.05, 3.63) is 0 Å². The van der Waals surface area contributed by atoms with E-state index < -0.39 is 0 Å². The molecule has 0 atom stereocenters. The van der Waals surface area contributed by atoms with Crippen molar-refractivity contribution in [2.24, 2.45) is 11.8 Å². The van der Waals surface area contributed by atoms with Gasteiger partial charge in [-0.3, -0.25) is 0 Å². The summed E-state index contributed by atoms with van der Waals surface area (Å²) in [7, 11) is 0. The minimum Gasteiger partial charge on any atom is -0.119 e. The third kappa shape index (κ3) is 12.2. The molecule has 0 aliphatic heterocycles. The molecule has 0 heterocycles. The maximum atomic E-state index is 5.68. The van der Waals surface area contributed by atoms with Crippen LogP contribution in [0.1, 0.15) is 91.9 Å². The molecule has 0 N–H and O–H groups in total. The Morgan fingerprint density at radius 2 is 1.45 bits per heavy atom. The van der Waals surface area contributed by atoms with E-state index in [4.69, 9.17) is 12.2 Å². The summed E-state index contributed by atoms with van der Waals surface area (Å²) in [4.78, 5) is 0. The average molecular weight is 317 g/mol. The van der Waals surface area contributed by atoms with Gasteiger partial charge in [-0.05, 0) is 30.9 Å². The highest BCUT2D eigenvalue weighted by Gasteiger charge is 2.13. The molecule has 0 amide bonds. The third-order valence-corrected chi connectivity index (χ3v) is 5.61. The van der Waals surface area contributed by atoms with Crippen LogP contribution < -0.4 is 0 Å². The molecule has 0 aromatic carbocycles. The van der Waals surface area contributed by atoms with E-state index in [9.17, 15) is 0 Å². The van der Waals surface area contributed by atoms with Gasteiger partial charge in [0.15, 0.2) is 0 Å². The Morgan fingerprint density at radius 1 is 0.850 bits per heavy atom. The van der Waals surface area contributed by atoms with Crippen molar-refractivity contribution in [1.29, 1.82) is 0 Å². The molecule has 0 unspecified atom stereocenters. The van der Waals surface area contributed by atoms with E-state index in [1.165, 1.54) is 74.2 Å². The van der Waals surface area contributed by atoms with Gasteiger partial charge in [-0.1, -0.05) is 84.9 Å². The number of hydrogen-bond acceptors (Lipinski definition) is 2. The molecule has 0 bridgehead atoms. The fourth-order valence-electron chi connectivity index (χ4n) is 2.40. The predicted molar refractivity (Wildman–Crippen MR) is 101 cm³/mol. The van der Waals surface area contributed by atoms with Gasteiger partial charge in [0.05, 0.1) is 4.20 Å². The molecular weight excluding hydrogens is 280 g/mol. The van der Waals surface area contributed by atoms with Crippen LogP contribution in [0.4, 0.5) is 0 Å². The fourth-order valence-corrected chi connectivity index (χ4v) is 3.91. The topological polar surface area (TPSA) is 0 Å². The highest BCUT2D eigenvalue weighted by molar-refractivity contribution is 8.23. The first-order valence-corrected chi connectivity index (χ1v) is 10.2. The second kappa shape index (κ2) is 14.4. The van der Waals surface area contributed by atoms with Gasteiger partial charge in [-0.25, -0.2) is 0 Å². The Kier molecular flexibility index (Phi) is 14.7. The molecule has 0 aliphatic rings. The van der Waals surface area contributed by atoms with Gasteiger partial charge >= 0.3 is 0 Å². The smallest absolute Gasteiger partial charge is 0.0509 e. The molecule has 0 aliphatic carbocycles. The number of thiocarbonyl (C=S) groups is 1. The summed E-state index contributed by atoms with van der Waals surface area (Å²) in [6, 6.07) is 0. The first kappa shape index (κ1) is 20.4. The molecule has 0 saturated carbocycles. The van der Waals surface area contributed by atoms with E-state index in [1.807, 2.05) is 11.8 Å². The molecule has 0 radical (unpaired) electrons. The van der Waals surface area contributed by atoms with E-state index in [1.54, 1.807) is 0 Å². The number of unbranched alkanes of at least 4 members (excludes halogenated alkanes) is 4. The van der Waals surface area contributed by atoms with Crippen molar-refractivity contribution < 1.29 is 0 Å². The highest BCUT2D eigenvalue weighted by atomic mass is 32.2. The van der Waals surface area contributed by atoms with Gasteiger partial charge in [-0.2, -0.15) is 0 Å². The van der Waals surface area contributed by atoms with Crippen molar-refractivity contribution in [3.63, 3.8) is 0 Å². The Bertz CT molecular complexity index is 215. The Labute approximate surface area is 137 Å². The van der Waals surface area contributed by atoms with E-state index >= 15 is 0 Å². The van der Waals surface area contributed by atoms with E-state index in [-0.39, 0.29) is 0 Å². The van der Waals surface area contributed by atoms with Crippen molar-refractivity contribution >= 4 is 28.2 Å². The molecule has 0 nitrogen and oxygen atoms in total. The predicted octanol–water partition coefficient (Wildman–Crippen LogP) is 7.26. The van der Waals surface area contributed by atoms with Crippen LogP contribution in [0.15, 0.2) is 0 Å². The second-order valence-electron chi connectivity index (χ2n) is 6.39. The maximum absolute atomic E-state index is 5.68. The van der Waals surface area contributed by atoms with Crippen LogP contribution in [-0.4, -0.2) is 9.95 Å². The number of hydrogen-bond donors (Lipinski definition) is 0. The summed E-state index contributed by atoms with van der Waals surface area (Å²) in [5.74, 6) is 2.80. The standard InChI is InChI=1S/C18H36S2/c1-5-7-13-17(14-8-6-2)18(19)20-15-11-9-10-12-16(3)4/h16-17H,5-15H2,1-4H3.